The van der Waals surface area contributed by atoms with Gasteiger partial charge in [0.2, 0.25) is 5.96 Å². The molecule has 0 aliphatic heterocycles. The molecule has 0 N–H and O–H groups in total. The summed E-state index contributed by atoms with van der Waals surface area (Å²) in [5.74, 6) is 0.995. The Balaban J connectivity index is 2.00. The Bertz CT molecular complexity index is 1170. The highest BCUT2D eigenvalue weighted by Gasteiger charge is 2.20. The second-order valence-electron chi connectivity index (χ2n) is 8.03. The highest BCUT2D eigenvalue weighted by Crippen LogP contribution is 2.30. The summed E-state index contributed by atoms with van der Waals surface area (Å²) in [7, 11) is 0. The highest BCUT2D eigenvalue weighted by molar-refractivity contribution is 6.00. The largest absolute Gasteiger partial charge is 0.342 e. The van der Waals surface area contributed by atoms with E-state index in [4.69, 9.17) is 4.99 Å². The van der Waals surface area contributed by atoms with E-state index in [1.165, 1.54) is 27.7 Å². The summed E-state index contributed by atoms with van der Waals surface area (Å²) in [6, 6.07) is 30.0. The first-order valence-corrected chi connectivity index (χ1v) is 11.3. The average molecular weight is 410 g/mol. The third kappa shape index (κ3) is 4.56. The first kappa shape index (κ1) is 20.9. The minimum Gasteiger partial charge on any atom is -0.342 e. The maximum absolute atomic E-state index is 5.24. The Morgan fingerprint density at radius 1 is 0.806 bits per heavy atom. The van der Waals surface area contributed by atoms with E-state index in [1.54, 1.807) is 0 Å². The Morgan fingerprint density at radius 2 is 1.52 bits per heavy atom. The Labute approximate surface area is 185 Å². The number of aryl methyl sites for hydroxylation is 1. The molecule has 0 aliphatic rings. The van der Waals surface area contributed by atoms with Crippen LogP contribution in [-0.4, -0.2) is 28.5 Å². The van der Waals surface area contributed by atoms with Gasteiger partial charge in [0.05, 0.1) is 16.9 Å². The van der Waals surface area contributed by atoms with Crippen molar-refractivity contribution in [2.75, 3.05) is 13.1 Å². The van der Waals surface area contributed by atoms with Crippen LogP contribution < -0.4 is 0 Å². The number of aliphatic imine (C=N–C) groups is 1. The van der Waals surface area contributed by atoms with Gasteiger partial charge in [-0.15, -0.1) is 0 Å². The van der Waals surface area contributed by atoms with Gasteiger partial charge >= 0.3 is 0 Å². The normalized spacial score (nSPS) is 11.8. The first-order chi connectivity index (χ1) is 15.2. The summed E-state index contributed by atoms with van der Waals surface area (Å²) in [5.41, 5.74) is 5.77. The first-order valence-electron chi connectivity index (χ1n) is 11.3. The monoisotopic (exact) mass is 409 g/mol. The molecule has 0 bridgehead atoms. The molecule has 0 atom stereocenters. The quantitative estimate of drug-likeness (QED) is 0.242. The van der Waals surface area contributed by atoms with Gasteiger partial charge in [-0.1, -0.05) is 74.5 Å². The van der Waals surface area contributed by atoms with Crippen LogP contribution in [0.25, 0.3) is 22.2 Å². The van der Waals surface area contributed by atoms with E-state index in [9.17, 15) is 0 Å². The van der Waals surface area contributed by atoms with E-state index < -0.39 is 0 Å². The van der Waals surface area contributed by atoms with Crippen LogP contribution >= 0.6 is 0 Å². The molecule has 0 fully saturated rings. The number of hydrogen-bond acceptors (Lipinski definition) is 1. The fourth-order valence-electron chi connectivity index (χ4n) is 4.12. The van der Waals surface area contributed by atoms with Crippen LogP contribution in [0, 0.1) is 6.92 Å². The molecule has 4 rings (SSSR count). The number of hydrogen-bond donors (Lipinski definition) is 0. The number of aromatic nitrogens is 1. The maximum Gasteiger partial charge on any atom is 0.211 e. The van der Waals surface area contributed by atoms with Crippen LogP contribution in [0.2, 0.25) is 0 Å². The fraction of sp³-hybridized carbons (Fsp3) is 0.250. The van der Waals surface area contributed by atoms with Crippen LogP contribution in [0.1, 0.15) is 32.3 Å². The molecule has 3 nitrogen and oxygen atoms in total. The molecule has 1 heterocycles. The molecular weight excluding hydrogens is 378 g/mol. The SMILES string of the molecule is CCCN(CCC)C(=Nc1cccc(C)c1)n1c(-c2ccccc2)cc2ccccc21. The van der Waals surface area contributed by atoms with Crippen LogP contribution in [0.4, 0.5) is 5.69 Å². The predicted molar refractivity (Wildman–Crippen MR) is 133 cm³/mol. The van der Waals surface area contributed by atoms with Crippen molar-refractivity contribution in [1.29, 1.82) is 0 Å². The molecule has 0 saturated heterocycles. The number of benzene rings is 3. The van der Waals surface area contributed by atoms with Crippen molar-refractivity contribution >= 4 is 22.5 Å². The molecule has 0 aliphatic carbocycles. The molecule has 0 amide bonds. The van der Waals surface area contributed by atoms with Crippen molar-refractivity contribution in [3.8, 4) is 11.3 Å². The van der Waals surface area contributed by atoms with Gasteiger partial charge in [0.25, 0.3) is 0 Å². The van der Waals surface area contributed by atoms with Crippen molar-refractivity contribution in [3.63, 3.8) is 0 Å². The molecule has 0 spiro atoms. The van der Waals surface area contributed by atoms with Gasteiger partial charge in [-0.3, -0.25) is 4.57 Å². The van der Waals surface area contributed by atoms with Gasteiger partial charge in [-0.2, -0.15) is 0 Å². The molecule has 1 aromatic heterocycles. The van der Waals surface area contributed by atoms with E-state index in [1.807, 2.05) is 0 Å². The Morgan fingerprint density at radius 3 is 2.23 bits per heavy atom. The van der Waals surface area contributed by atoms with Crippen LogP contribution in [-0.2, 0) is 0 Å². The van der Waals surface area contributed by atoms with E-state index in [2.05, 4.69) is 115 Å². The minimum atomic E-state index is 0.971. The second kappa shape index (κ2) is 9.65. The van der Waals surface area contributed by atoms with E-state index in [-0.39, 0.29) is 0 Å². The van der Waals surface area contributed by atoms with Crippen molar-refractivity contribution in [2.45, 2.75) is 33.6 Å². The predicted octanol–water partition coefficient (Wildman–Crippen LogP) is 7.27. The van der Waals surface area contributed by atoms with Crippen molar-refractivity contribution in [2.24, 2.45) is 4.99 Å². The van der Waals surface area contributed by atoms with Crippen LogP contribution in [0.5, 0.6) is 0 Å². The van der Waals surface area contributed by atoms with E-state index in [0.29, 0.717) is 0 Å². The Kier molecular flexibility index (Phi) is 6.51. The third-order valence-corrected chi connectivity index (χ3v) is 5.48. The lowest BCUT2D eigenvalue weighted by Crippen LogP contribution is -2.37. The molecule has 4 aromatic rings. The molecule has 158 valence electrons. The summed E-state index contributed by atoms with van der Waals surface area (Å²) in [6.07, 6.45) is 2.15. The standard InChI is InChI=1S/C28H31N3/c1-4-18-30(19-5-2)28(29-25-16-11-12-22(3)20-25)31-26-17-10-9-15-24(26)21-27(31)23-13-7-6-8-14-23/h6-17,20-21H,4-5,18-19H2,1-3H3. The molecule has 3 aromatic carbocycles. The minimum absolute atomic E-state index is 0.971. The number of rotatable bonds is 6. The summed E-state index contributed by atoms with van der Waals surface area (Å²) >= 11 is 0. The summed E-state index contributed by atoms with van der Waals surface area (Å²) < 4.78 is 2.35. The van der Waals surface area contributed by atoms with Crippen molar-refractivity contribution in [1.82, 2.24) is 9.47 Å². The van der Waals surface area contributed by atoms with Gasteiger partial charge in [-0.25, -0.2) is 4.99 Å². The van der Waals surface area contributed by atoms with Gasteiger partial charge in [0.1, 0.15) is 0 Å². The van der Waals surface area contributed by atoms with E-state index in [0.717, 1.165) is 37.6 Å². The zero-order valence-electron chi connectivity index (χ0n) is 18.8. The molecule has 31 heavy (non-hydrogen) atoms. The van der Waals surface area contributed by atoms with Crippen LogP contribution in [0.3, 0.4) is 0 Å². The molecular formula is C28H31N3. The lowest BCUT2D eigenvalue weighted by molar-refractivity contribution is 0.406. The van der Waals surface area contributed by atoms with Gasteiger partial charge < -0.3 is 4.90 Å². The number of nitrogens with zero attached hydrogens (tertiary/aromatic N) is 3. The lowest BCUT2D eigenvalue weighted by atomic mass is 10.1. The summed E-state index contributed by atoms with van der Waals surface area (Å²) in [4.78, 5) is 7.67. The van der Waals surface area contributed by atoms with Crippen LogP contribution in [0.15, 0.2) is 89.9 Å². The van der Waals surface area contributed by atoms with Gasteiger partial charge in [0, 0.05) is 18.5 Å². The Hall–Kier alpha value is -3.33. The smallest absolute Gasteiger partial charge is 0.211 e. The molecule has 0 unspecified atom stereocenters. The third-order valence-electron chi connectivity index (χ3n) is 5.48. The molecule has 0 saturated carbocycles. The fourth-order valence-corrected chi connectivity index (χ4v) is 4.12. The topological polar surface area (TPSA) is 20.5 Å². The van der Waals surface area contributed by atoms with Crippen molar-refractivity contribution < 1.29 is 0 Å². The zero-order valence-corrected chi connectivity index (χ0v) is 18.8. The maximum atomic E-state index is 5.24. The summed E-state index contributed by atoms with van der Waals surface area (Å²) in [5, 5.41) is 1.23. The lowest BCUT2D eigenvalue weighted by Gasteiger charge is -2.28. The van der Waals surface area contributed by atoms with Gasteiger partial charge in [0.15, 0.2) is 0 Å². The van der Waals surface area contributed by atoms with Gasteiger partial charge in [-0.05, 0) is 55.2 Å². The zero-order chi connectivity index (χ0) is 21.6. The van der Waals surface area contributed by atoms with E-state index >= 15 is 0 Å². The van der Waals surface area contributed by atoms with Crippen molar-refractivity contribution in [3.05, 3.63) is 90.5 Å². The average Bonchev–Trinajstić information content (AvgIpc) is 3.17. The highest BCUT2D eigenvalue weighted by atomic mass is 15.3. The second-order valence-corrected chi connectivity index (χ2v) is 8.03. The number of para-hydroxylation sites is 1. The molecule has 3 heteroatoms. The molecule has 0 radical (unpaired) electrons. The summed E-state index contributed by atoms with van der Waals surface area (Å²) in [6.45, 7) is 8.53. The number of fused-ring (bicyclic) bond motifs is 1.